The van der Waals surface area contributed by atoms with Crippen LogP contribution in [0.25, 0.3) is 106 Å². The van der Waals surface area contributed by atoms with E-state index in [1.54, 1.807) is 0 Å². The monoisotopic (exact) mass is 654 g/mol. The van der Waals surface area contributed by atoms with Gasteiger partial charge in [0.2, 0.25) is 0 Å². The molecule has 0 aliphatic carbocycles. The van der Waals surface area contributed by atoms with Crippen molar-refractivity contribution in [1.82, 2.24) is 19.5 Å². The first kappa shape index (κ1) is 27.9. The molecule has 4 aromatic heterocycles. The molecule has 0 fully saturated rings. The molecule has 7 aromatic carbocycles. The maximum absolute atomic E-state index is 6.51. The third-order valence-electron chi connectivity index (χ3n) is 9.85. The van der Waals surface area contributed by atoms with Crippen molar-refractivity contribution in [3.8, 4) is 39.9 Å². The van der Waals surface area contributed by atoms with Crippen molar-refractivity contribution in [2.45, 2.75) is 0 Å². The van der Waals surface area contributed by atoms with Gasteiger partial charge in [-0.05, 0) is 54.6 Å². The van der Waals surface area contributed by atoms with Crippen LogP contribution in [0.4, 0.5) is 0 Å². The highest BCUT2D eigenvalue weighted by Crippen LogP contribution is 2.42. The van der Waals surface area contributed by atoms with Gasteiger partial charge in [-0.2, -0.15) is 0 Å². The van der Waals surface area contributed by atoms with Crippen LogP contribution in [0, 0.1) is 0 Å². The minimum Gasteiger partial charge on any atom is -0.456 e. The van der Waals surface area contributed by atoms with E-state index < -0.39 is 0 Å². The fourth-order valence-corrected chi connectivity index (χ4v) is 7.51. The van der Waals surface area contributed by atoms with Crippen LogP contribution >= 0.6 is 0 Å². The highest BCUT2D eigenvalue weighted by atomic mass is 16.3. The van der Waals surface area contributed by atoms with Crippen molar-refractivity contribution in [2.24, 2.45) is 0 Å². The first-order valence-electron chi connectivity index (χ1n) is 16.9. The van der Waals surface area contributed by atoms with Gasteiger partial charge < -0.3 is 13.4 Å². The van der Waals surface area contributed by atoms with Crippen molar-refractivity contribution >= 4 is 65.7 Å². The maximum Gasteiger partial charge on any atom is 0.164 e. The second-order valence-corrected chi connectivity index (χ2v) is 12.8. The lowest BCUT2D eigenvalue weighted by molar-refractivity contribution is 0.668. The SMILES string of the molecule is c1ccc(-c2nc(-c3ccccc3)nc(-c3ccc4c(c3)oc3ccc(-n5c6ccccc6c6ccc7oc8ccccc8c7c65)cc34)n2)cc1. The Morgan fingerprint density at radius 1 is 0.373 bits per heavy atom. The van der Waals surface area contributed by atoms with E-state index in [-0.39, 0.29) is 0 Å². The first-order valence-corrected chi connectivity index (χ1v) is 16.9. The molecule has 0 saturated carbocycles. The predicted octanol–water partition coefficient (Wildman–Crippen LogP) is 11.8. The molecule has 238 valence electrons. The molecule has 0 aliphatic rings. The molecule has 0 amide bonds. The van der Waals surface area contributed by atoms with Gasteiger partial charge in [-0.15, -0.1) is 0 Å². The topological polar surface area (TPSA) is 69.9 Å². The minimum absolute atomic E-state index is 0.590. The van der Waals surface area contributed by atoms with Crippen LogP contribution in [-0.4, -0.2) is 19.5 Å². The molecular weight excluding hydrogens is 629 g/mol. The number of fused-ring (bicyclic) bond motifs is 10. The van der Waals surface area contributed by atoms with Crippen LogP contribution in [0.1, 0.15) is 0 Å². The summed E-state index contributed by atoms with van der Waals surface area (Å²) in [5, 5.41) is 6.67. The number of furan rings is 2. The standard InChI is InChI=1S/C45H26N4O2/c1-3-11-27(12-4-1)43-46-44(28-13-5-2-6-14-28)48-45(47-43)29-19-21-32-35-26-30(20-23-38(35)51-40(32)25-29)49-36-17-9-7-15-31(36)33-22-24-39-41(42(33)49)34-16-8-10-18-37(34)50-39/h1-26H. The molecule has 4 heterocycles. The van der Waals surface area contributed by atoms with Gasteiger partial charge in [-0.1, -0.05) is 103 Å². The Bertz CT molecular complexity index is 3080. The molecule has 0 aliphatic heterocycles. The molecule has 11 rings (SSSR count). The molecule has 51 heavy (non-hydrogen) atoms. The van der Waals surface area contributed by atoms with Crippen LogP contribution in [0.5, 0.6) is 0 Å². The van der Waals surface area contributed by atoms with E-state index in [1.807, 2.05) is 78.9 Å². The summed E-state index contributed by atoms with van der Waals surface area (Å²) >= 11 is 0. The number of para-hydroxylation sites is 2. The van der Waals surface area contributed by atoms with Crippen molar-refractivity contribution in [3.05, 3.63) is 158 Å². The second-order valence-electron chi connectivity index (χ2n) is 12.8. The Morgan fingerprint density at radius 2 is 0.961 bits per heavy atom. The summed E-state index contributed by atoms with van der Waals surface area (Å²) in [4.78, 5) is 14.7. The average Bonchev–Trinajstić information content (AvgIpc) is 3.87. The summed E-state index contributed by atoms with van der Waals surface area (Å²) in [6.07, 6.45) is 0. The van der Waals surface area contributed by atoms with E-state index in [9.17, 15) is 0 Å². The van der Waals surface area contributed by atoms with Gasteiger partial charge >= 0.3 is 0 Å². The Morgan fingerprint density at radius 3 is 1.73 bits per heavy atom. The average molecular weight is 655 g/mol. The lowest BCUT2D eigenvalue weighted by Crippen LogP contribution is -2.00. The van der Waals surface area contributed by atoms with E-state index in [4.69, 9.17) is 23.8 Å². The van der Waals surface area contributed by atoms with Crippen LogP contribution in [0.15, 0.2) is 167 Å². The van der Waals surface area contributed by atoms with E-state index in [0.717, 1.165) is 77.3 Å². The Balaban J connectivity index is 1.10. The van der Waals surface area contributed by atoms with Crippen molar-refractivity contribution in [1.29, 1.82) is 0 Å². The first-order chi connectivity index (χ1) is 25.3. The molecule has 0 N–H and O–H groups in total. The van der Waals surface area contributed by atoms with Gasteiger partial charge in [0.15, 0.2) is 17.5 Å². The zero-order chi connectivity index (χ0) is 33.5. The number of benzene rings is 7. The maximum atomic E-state index is 6.51. The number of hydrogen-bond acceptors (Lipinski definition) is 5. The number of hydrogen-bond donors (Lipinski definition) is 0. The molecule has 0 spiro atoms. The highest BCUT2D eigenvalue weighted by molar-refractivity contribution is 6.24. The van der Waals surface area contributed by atoms with Gasteiger partial charge in [0.1, 0.15) is 22.3 Å². The molecular formula is C45H26N4O2. The van der Waals surface area contributed by atoms with Crippen molar-refractivity contribution < 1.29 is 8.83 Å². The van der Waals surface area contributed by atoms with E-state index in [2.05, 4.69) is 83.4 Å². The third-order valence-corrected chi connectivity index (χ3v) is 9.85. The zero-order valence-corrected chi connectivity index (χ0v) is 27.1. The Labute approximate surface area is 290 Å². The van der Waals surface area contributed by atoms with Gasteiger partial charge in [-0.3, -0.25) is 0 Å². The smallest absolute Gasteiger partial charge is 0.164 e. The van der Waals surface area contributed by atoms with E-state index in [1.165, 1.54) is 10.8 Å². The lowest BCUT2D eigenvalue weighted by atomic mass is 10.1. The van der Waals surface area contributed by atoms with Gasteiger partial charge in [-0.25, -0.2) is 15.0 Å². The fourth-order valence-electron chi connectivity index (χ4n) is 7.51. The summed E-state index contributed by atoms with van der Waals surface area (Å²) in [5.41, 5.74) is 9.38. The Hall–Kier alpha value is -7.05. The normalized spacial score (nSPS) is 11.9. The van der Waals surface area contributed by atoms with Crippen LogP contribution in [0.2, 0.25) is 0 Å². The van der Waals surface area contributed by atoms with Gasteiger partial charge in [0.05, 0.1) is 16.4 Å². The minimum atomic E-state index is 0.590. The zero-order valence-electron chi connectivity index (χ0n) is 27.1. The quantitative estimate of drug-likeness (QED) is 0.189. The molecule has 6 heteroatoms. The lowest BCUT2D eigenvalue weighted by Gasteiger charge is -2.09. The summed E-state index contributed by atoms with van der Waals surface area (Å²) < 4.78 is 15.2. The molecule has 0 atom stereocenters. The van der Waals surface area contributed by atoms with Gasteiger partial charge in [0.25, 0.3) is 0 Å². The molecule has 6 nitrogen and oxygen atoms in total. The third kappa shape index (κ3) is 4.26. The molecule has 0 radical (unpaired) electrons. The van der Waals surface area contributed by atoms with Crippen LogP contribution < -0.4 is 0 Å². The number of aromatic nitrogens is 4. The van der Waals surface area contributed by atoms with E-state index >= 15 is 0 Å². The summed E-state index contributed by atoms with van der Waals surface area (Å²) in [7, 11) is 0. The largest absolute Gasteiger partial charge is 0.456 e. The van der Waals surface area contributed by atoms with Gasteiger partial charge in [0, 0.05) is 49.3 Å². The predicted molar refractivity (Wildman–Crippen MR) is 205 cm³/mol. The summed E-state index contributed by atoms with van der Waals surface area (Å²) in [5.74, 6) is 1.84. The molecule has 11 aromatic rings. The number of nitrogens with zero attached hydrogens (tertiary/aromatic N) is 4. The second kappa shape index (κ2) is 10.7. The molecule has 0 saturated heterocycles. The fraction of sp³-hybridized carbons (Fsp3) is 0. The van der Waals surface area contributed by atoms with E-state index in [0.29, 0.717) is 17.5 Å². The molecule has 0 bridgehead atoms. The highest BCUT2D eigenvalue weighted by Gasteiger charge is 2.20. The van der Waals surface area contributed by atoms with Crippen molar-refractivity contribution in [2.75, 3.05) is 0 Å². The van der Waals surface area contributed by atoms with Crippen LogP contribution in [0.3, 0.4) is 0 Å². The Kier molecular flexibility index (Phi) is 5.86. The summed E-state index contributed by atoms with van der Waals surface area (Å²) in [6, 6.07) is 53.8. The van der Waals surface area contributed by atoms with Crippen LogP contribution in [-0.2, 0) is 0 Å². The van der Waals surface area contributed by atoms with Crippen molar-refractivity contribution in [3.63, 3.8) is 0 Å². The molecule has 0 unspecified atom stereocenters. The number of rotatable bonds is 4. The summed E-state index contributed by atoms with van der Waals surface area (Å²) in [6.45, 7) is 0.